The SMILES string of the molecule is CC[C@H](C)[C@H](NC(=O)[C@H]1CCCCN1C)C(=O)N(C)[C@H](C[C@@H](OC(=O)CC(C)(C)C)c1nc(C(=O)NC(Cc2ccccc2)CC(C)C(=O)O)cs1)C(C)C. The number of carbonyl (C=O) groups excluding carboxylic acids is 4. The van der Waals surface area contributed by atoms with Crippen molar-refractivity contribution in [3.63, 3.8) is 0 Å². The molecule has 2 aromatic rings. The summed E-state index contributed by atoms with van der Waals surface area (Å²) in [6, 6.07) is 7.68. The lowest BCUT2D eigenvalue weighted by molar-refractivity contribution is -0.153. The van der Waals surface area contributed by atoms with Crippen LogP contribution in [0.25, 0.3) is 0 Å². The van der Waals surface area contributed by atoms with Crippen LogP contribution in [-0.4, -0.2) is 94.4 Å². The Morgan fingerprint density at radius 3 is 2.29 bits per heavy atom. The van der Waals surface area contributed by atoms with Gasteiger partial charge in [-0.25, -0.2) is 4.98 Å². The number of rotatable bonds is 19. The van der Waals surface area contributed by atoms with Gasteiger partial charge in [0, 0.05) is 30.9 Å². The number of nitrogens with zero attached hydrogens (tertiary/aromatic N) is 3. The lowest BCUT2D eigenvalue weighted by atomic mass is 9.92. The largest absolute Gasteiger partial charge is 0.481 e. The molecule has 0 bridgehead atoms. The van der Waals surface area contributed by atoms with Crippen LogP contribution >= 0.6 is 11.3 Å². The third kappa shape index (κ3) is 14.0. The number of carboxylic acid groups (broad SMARTS) is 1. The van der Waals surface area contributed by atoms with E-state index in [1.165, 1.54) is 11.3 Å². The Morgan fingerprint density at radius 1 is 1.04 bits per heavy atom. The van der Waals surface area contributed by atoms with Crippen LogP contribution in [0.15, 0.2) is 35.7 Å². The van der Waals surface area contributed by atoms with Gasteiger partial charge >= 0.3 is 11.9 Å². The van der Waals surface area contributed by atoms with Crippen molar-refractivity contribution < 1.29 is 33.8 Å². The number of amides is 3. The third-order valence-electron chi connectivity index (χ3n) is 10.6. The molecule has 1 fully saturated rings. The average molecular weight is 784 g/mol. The highest BCUT2D eigenvalue weighted by Crippen LogP contribution is 2.33. The summed E-state index contributed by atoms with van der Waals surface area (Å²) in [7, 11) is 3.68. The van der Waals surface area contributed by atoms with Crippen molar-refractivity contribution in [1.82, 2.24) is 25.4 Å². The van der Waals surface area contributed by atoms with E-state index in [1.807, 2.05) is 85.8 Å². The maximum absolute atomic E-state index is 14.3. The molecule has 13 heteroatoms. The molecule has 1 saturated heterocycles. The van der Waals surface area contributed by atoms with Crippen LogP contribution in [0.4, 0.5) is 0 Å². The number of piperidine rings is 1. The van der Waals surface area contributed by atoms with Crippen molar-refractivity contribution in [3.05, 3.63) is 52.0 Å². The molecule has 3 rings (SSSR count). The Hall–Kier alpha value is -3.84. The molecule has 7 atom stereocenters. The van der Waals surface area contributed by atoms with Gasteiger partial charge in [-0.2, -0.15) is 0 Å². The first-order valence-corrected chi connectivity index (χ1v) is 20.7. The fourth-order valence-electron chi connectivity index (χ4n) is 7.07. The first kappa shape index (κ1) is 45.5. The van der Waals surface area contributed by atoms with E-state index in [-0.39, 0.29) is 60.1 Å². The van der Waals surface area contributed by atoms with Crippen LogP contribution in [0.2, 0.25) is 0 Å². The molecule has 55 heavy (non-hydrogen) atoms. The number of hydrogen-bond acceptors (Lipinski definition) is 9. The molecule has 0 radical (unpaired) electrons. The molecule has 0 aliphatic carbocycles. The van der Waals surface area contributed by atoms with Crippen LogP contribution in [0.3, 0.4) is 0 Å². The van der Waals surface area contributed by atoms with E-state index in [4.69, 9.17) is 4.74 Å². The quantitative estimate of drug-likeness (QED) is 0.135. The lowest BCUT2D eigenvalue weighted by Gasteiger charge is -2.38. The number of thiazole rings is 1. The summed E-state index contributed by atoms with van der Waals surface area (Å²) < 4.78 is 6.14. The molecule has 0 saturated carbocycles. The van der Waals surface area contributed by atoms with Crippen molar-refractivity contribution in [2.24, 2.45) is 23.2 Å². The minimum absolute atomic E-state index is 0.0618. The van der Waals surface area contributed by atoms with Crippen LogP contribution in [0, 0.1) is 23.2 Å². The van der Waals surface area contributed by atoms with Crippen LogP contribution < -0.4 is 10.6 Å². The monoisotopic (exact) mass is 783 g/mol. The van der Waals surface area contributed by atoms with Gasteiger partial charge in [0.1, 0.15) is 16.7 Å². The predicted molar refractivity (Wildman–Crippen MR) is 216 cm³/mol. The summed E-state index contributed by atoms with van der Waals surface area (Å²) in [4.78, 5) is 75.0. The summed E-state index contributed by atoms with van der Waals surface area (Å²) in [5, 5.41) is 17.7. The number of aliphatic carboxylic acids is 1. The zero-order valence-electron chi connectivity index (χ0n) is 34.6. The van der Waals surface area contributed by atoms with E-state index in [2.05, 4.69) is 20.5 Å². The standard InChI is InChI=1S/C42H65N5O7S/c1-11-27(4)36(45-38(50)32-19-15-16-20-46(32)9)40(51)47(10)33(26(2)3)23-34(54-35(48)24-42(6,7)8)39-44-31(25-55-39)37(49)43-30(21-28(5)41(52)53)22-29-17-13-12-14-18-29/h12-14,17-18,25-28,30,32-34,36H,11,15-16,19-24H2,1-10H3,(H,43,49)(H,45,50)(H,52,53)/t27-,28?,30?,32+,33+,34+,36-/m0/s1. The van der Waals surface area contributed by atoms with E-state index in [0.717, 1.165) is 31.4 Å². The van der Waals surface area contributed by atoms with Gasteiger partial charge in [-0.05, 0) is 62.1 Å². The second kappa shape index (κ2) is 20.9. The van der Waals surface area contributed by atoms with Crippen molar-refractivity contribution in [1.29, 1.82) is 0 Å². The number of likely N-dealkylation sites (N-methyl/N-ethyl adjacent to an activating group) is 2. The Balaban J connectivity index is 1.89. The highest BCUT2D eigenvalue weighted by molar-refractivity contribution is 7.09. The zero-order chi connectivity index (χ0) is 41.0. The van der Waals surface area contributed by atoms with Gasteiger partial charge < -0.3 is 25.4 Å². The number of carboxylic acids is 1. The molecule has 0 spiro atoms. The number of hydrogen-bond donors (Lipinski definition) is 3. The second-order valence-corrected chi connectivity index (χ2v) is 17.9. The van der Waals surface area contributed by atoms with Crippen molar-refractivity contribution in [2.45, 2.75) is 137 Å². The van der Waals surface area contributed by atoms with E-state index in [9.17, 15) is 29.1 Å². The number of carbonyl (C=O) groups is 5. The lowest BCUT2D eigenvalue weighted by Crippen LogP contribution is -2.58. The molecular formula is C42H65N5O7S. The summed E-state index contributed by atoms with van der Waals surface area (Å²) in [6.45, 7) is 16.3. The van der Waals surface area contributed by atoms with Gasteiger partial charge in [0.25, 0.3) is 5.91 Å². The Kier molecular flexibility index (Phi) is 17.3. The van der Waals surface area contributed by atoms with Crippen molar-refractivity contribution in [3.8, 4) is 0 Å². The third-order valence-corrected chi connectivity index (χ3v) is 11.6. The molecule has 2 heterocycles. The van der Waals surface area contributed by atoms with Gasteiger partial charge in [-0.3, -0.25) is 28.9 Å². The normalized spacial score (nSPS) is 18.3. The van der Waals surface area contributed by atoms with E-state index >= 15 is 0 Å². The predicted octanol–water partition coefficient (Wildman–Crippen LogP) is 6.50. The number of esters is 1. The smallest absolute Gasteiger partial charge is 0.307 e. The van der Waals surface area contributed by atoms with Crippen LogP contribution in [0.5, 0.6) is 0 Å². The van der Waals surface area contributed by atoms with Gasteiger partial charge in [0.2, 0.25) is 11.8 Å². The van der Waals surface area contributed by atoms with Crippen LogP contribution in [0.1, 0.15) is 127 Å². The molecule has 1 aliphatic heterocycles. The minimum atomic E-state index is -0.944. The van der Waals surface area contributed by atoms with Gasteiger partial charge in [-0.1, -0.05) is 98.6 Å². The fraction of sp³-hybridized carbons (Fsp3) is 0.667. The van der Waals surface area contributed by atoms with Crippen molar-refractivity contribution in [2.75, 3.05) is 20.6 Å². The Labute approximate surface area is 332 Å². The summed E-state index contributed by atoms with van der Waals surface area (Å²) in [5.41, 5.74) is 0.759. The topological polar surface area (TPSA) is 158 Å². The number of likely N-dealkylation sites (tertiary alicyclic amines) is 1. The van der Waals surface area contributed by atoms with E-state index < -0.39 is 48.0 Å². The van der Waals surface area contributed by atoms with E-state index in [0.29, 0.717) is 17.8 Å². The fourth-order valence-corrected chi connectivity index (χ4v) is 7.91. The van der Waals surface area contributed by atoms with Crippen molar-refractivity contribution >= 4 is 41.0 Å². The molecular weight excluding hydrogens is 719 g/mol. The summed E-state index contributed by atoms with van der Waals surface area (Å²) in [5.74, 6) is -3.02. The Morgan fingerprint density at radius 2 is 1.71 bits per heavy atom. The van der Waals surface area contributed by atoms with Gasteiger partial charge in [-0.15, -0.1) is 11.3 Å². The Bertz CT molecular complexity index is 1580. The summed E-state index contributed by atoms with van der Waals surface area (Å²) >= 11 is 1.20. The first-order valence-electron chi connectivity index (χ1n) is 19.8. The number of ether oxygens (including phenoxy) is 1. The molecule has 306 valence electrons. The van der Waals surface area contributed by atoms with Gasteiger partial charge in [0.05, 0.1) is 18.4 Å². The number of benzene rings is 1. The highest BCUT2D eigenvalue weighted by Gasteiger charge is 2.38. The maximum atomic E-state index is 14.3. The molecule has 1 aromatic heterocycles. The molecule has 12 nitrogen and oxygen atoms in total. The highest BCUT2D eigenvalue weighted by atomic mass is 32.1. The molecule has 1 aliphatic rings. The average Bonchev–Trinajstić information content (AvgIpc) is 3.61. The first-order chi connectivity index (χ1) is 25.8. The second-order valence-electron chi connectivity index (χ2n) is 17.0. The van der Waals surface area contributed by atoms with Crippen LogP contribution in [-0.2, 0) is 30.3 Å². The maximum Gasteiger partial charge on any atom is 0.307 e. The number of aromatic nitrogens is 1. The van der Waals surface area contributed by atoms with Gasteiger partial charge in [0.15, 0.2) is 6.10 Å². The minimum Gasteiger partial charge on any atom is -0.481 e. The zero-order valence-corrected chi connectivity index (χ0v) is 35.4. The molecule has 3 N–H and O–H groups in total. The molecule has 3 amide bonds. The van der Waals surface area contributed by atoms with E-state index in [1.54, 1.807) is 24.3 Å². The molecule has 1 aromatic carbocycles. The summed E-state index contributed by atoms with van der Waals surface area (Å²) in [6.07, 6.45) is 3.64. The molecule has 2 unspecified atom stereocenters. The number of nitrogens with one attached hydrogen (secondary N) is 2.